The van der Waals surface area contributed by atoms with Gasteiger partial charge in [-0.3, -0.25) is 9.52 Å². The van der Waals surface area contributed by atoms with E-state index in [2.05, 4.69) is 20.7 Å². The van der Waals surface area contributed by atoms with E-state index in [0.717, 1.165) is 23.4 Å². The molecule has 0 saturated carbocycles. The van der Waals surface area contributed by atoms with Gasteiger partial charge in [-0.1, -0.05) is 27.5 Å². The number of benzene rings is 2. The normalized spacial score (nSPS) is 13.9. The number of esters is 1. The Balaban J connectivity index is 1.73. The summed E-state index contributed by atoms with van der Waals surface area (Å²) in [6.45, 7) is 0.877. The second-order valence-corrected chi connectivity index (χ2v) is 9.42. The van der Waals surface area contributed by atoms with Crippen molar-refractivity contribution in [3.05, 3.63) is 57.5 Å². The lowest BCUT2D eigenvalue weighted by Gasteiger charge is -2.15. The minimum absolute atomic E-state index is 0.0335. The van der Waals surface area contributed by atoms with E-state index in [1.807, 2.05) is 0 Å². The molecule has 2 aromatic carbocycles. The number of sulfonamides is 1. The van der Waals surface area contributed by atoms with Crippen LogP contribution in [0.25, 0.3) is 0 Å². The first-order valence-electron chi connectivity index (χ1n) is 8.79. The number of carbonyl (C=O) groups excluding carboxylic acids is 2. The Bertz CT molecular complexity index is 1020. The van der Waals surface area contributed by atoms with Gasteiger partial charge in [-0.25, -0.2) is 13.2 Å². The van der Waals surface area contributed by atoms with Gasteiger partial charge in [0, 0.05) is 23.2 Å². The summed E-state index contributed by atoms with van der Waals surface area (Å²) in [4.78, 5) is 25.9. The molecule has 29 heavy (non-hydrogen) atoms. The number of likely N-dealkylation sites (tertiary alicyclic amines) is 1. The van der Waals surface area contributed by atoms with Crippen molar-refractivity contribution in [1.82, 2.24) is 4.90 Å². The lowest BCUT2D eigenvalue weighted by molar-refractivity contribution is -0.133. The molecule has 0 unspecified atom stereocenters. The van der Waals surface area contributed by atoms with Crippen LogP contribution >= 0.6 is 27.5 Å². The van der Waals surface area contributed by atoms with Gasteiger partial charge in [0.2, 0.25) is 0 Å². The largest absolute Gasteiger partial charge is 0.452 e. The molecule has 3 rings (SSSR count). The van der Waals surface area contributed by atoms with E-state index in [1.54, 1.807) is 29.2 Å². The average molecular weight is 502 g/mol. The second kappa shape index (κ2) is 9.15. The van der Waals surface area contributed by atoms with Gasteiger partial charge < -0.3 is 9.64 Å². The summed E-state index contributed by atoms with van der Waals surface area (Å²) < 4.78 is 33.6. The molecule has 10 heteroatoms. The van der Waals surface area contributed by atoms with Crippen LogP contribution in [0, 0.1) is 0 Å². The Morgan fingerprint density at radius 3 is 2.41 bits per heavy atom. The minimum atomic E-state index is -3.95. The number of halogens is 2. The first kappa shape index (κ1) is 21.6. The number of ether oxygens (including phenoxy) is 1. The maximum Gasteiger partial charge on any atom is 0.340 e. The number of hydrogen-bond acceptors (Lipinski definition) is 5. The van der Waals surface area contributed by atoms with Gasteiger partial charge >= 0.3 is 5.97 Å². The number of nitrogens with zero attached hydrogens (tertiary/aromatic N) is 1. The molecule has 1 aliphatic heterocycles. The molecule has 0 spiro atoms. The van der Waals surface area contributed by atoms with Crippen molar-refractivity contribution in [1.29, 1.82) is 0 Å². The molecule has 0 radical (unpaired) electrons. The van der Waals surface area contributed by atoms with Crippen LogP contribution in [0.15, 0.2) is 51.8 Å². The van der Waals surface area contributed by atoms with Crippen molar-refractivity contribution in [3.8, 4) is 0 Å². The molecule has 1 fully saturated rings. The van der Waals surface area contributed by atoms with Crippen LogP contribution < -0.4 is 4.72 Å². The molecule has 0 atom stereocenters. The fourth-order valence-corrected chi connectivity index (χ4v) is 4.37. The smallest absolute Gasteiger partial charge is 0.340 e. The van der Waals surface area contributed by atoms with Gasteiger partial charge in [-0.05, 0) is 55.3 Å². The van der Waals surface area contributed by atoms with Crippen molar-refractivity contribution in [3.63, 3.8) is 0 Å². The Morgan fingerprint density at radius 2 is 1.76 bits per heavy atom. The van der Waals surface area contributed by atoms with Crippen LogP contribution in [0.2, 0.25) is 5.02 Å². The van der Waals surface area contributed by atoms with Crippen LogP contribution in [0.5, 0.6) is 0 Å². The van der Waals surface area contributed by atoms with Crippen molar-refractivity contribution in [2.24, 2.45) is 0 Å². The van der Waals surface area contributed by atoms with E-state index in [-0.39, 0.29) is 21.4 Å². The van der Waals surface area contributed by atoms with Crippen LogP contribution in [-0.2, 0) is 19.6 Å². The van der Waals surface area contributed by atoms with Gasteiger partial charge in [0.05, 0.1) is 15.5 Å². The Labute approximate surface area is 182 Å². The topological polar surface area (TPSA) is 92.8 Å². The highest BCUT2D eigenvalue weighted by molar-refractivity contribution is 9.10. The molecule has 1 N–H and O–H groups in total. The first-order valence-corrected chi connectivity index (χ1v) is 11.4. The molecule has 1 amide bonds. The quantitative estimate of drug-likeness (QED) is 0.610. The number of hydrogen-bond donors (Lipinski definition) is 1. The summed E-state index contributed by atoms with van der Waals surface area (Å²) in [5.41, 5.74) is 0.239. The van der Waals surface area contributed by atoms with E-state index in [1.165, 1.54) is 12.1 Å². The van der Waals surface area contributed by atoms with Gasteiger partial charge in [0.25, 0.3) is 15.9 Å². The summed E-state index contributed by atoms with van der Waals surface area (Å²) in [5, 5.41) is 0.0335. The Morgan fingerprint density at radius 1 is 1.10 bits per heavy atom. The number of carbonyl (C=O) groups is 2. The first-order chi connectivity index (χ1) is 13.8. The highest BCUT2D eigenvalue weighted by atomic mass is 79.9. The van der Waals surface area contributed by atoms with Crippen LogP contribution in [-0.4, -0.2) is 44.9 Å². The zero-order valence-electron chi connectivity index (χ0n) is 15.2. The molecular formula is C19H18BrClN2O5S. The van der Waals surface area contributed by atoms with Crippen molar-refractivity contribution in [2.75, 3.05) is 24.4 Å². The monoisotopic (exact) mass is 500 g/mol. The van der Waals surface area contributed by atoms with Crippen LogP contribution in [0.4, 0.5) is 5.69 Å². The maximum absolute atomic E-state index is 12.6. The fraction of sp³-hybridized carbons (Fsp3) is 0.263. The molecule has 1 aliphatic rings. The number of rotatable bonds is 6. The average Bonchev–Trinajstić information content (AvgIpc) is 3.22. The lowest BCUT2D eigenvalue weighted by Crippen LogP contribution is -2.32. The van der Waals surface area contributed by atoms with E-state index in [9.17, 15) is 18.0 Å². The Kier molecular flexibility index (Phi) is 6.81. The maximum atomic E-state index is 12.6. The summed E-state index contributed by atoms with van der Waals surface area (Å²) >= 11 is 9.32. The molecular weight excluding hydrogens is 484 g/mol. The zero-order chi connectivity index (χ0) is 21.0. The third kappa shape index (κ3) is 5.49. The van der Waals surface area contributed by atoms with Gasteiger partial charge in [0.1, 0.15) is 0 Å². The SMILES string of the molecule is O=C(OCC(=O)N1CCCC1)c1cc(S(=O)(=O)Nc2ccc(Br)cc2)ccc1Cl. The van der Waals surface area contributed by atoms with E-state index < -0.39 is 22.6 Å². The Hall–Kier alpha value is -2.10. The number of amides is 1. The highest BCUT2D eigenvalue weighted by Gasteiger charge is 2.22. The van der Waals surface area contributed by atoms with Crippen LogP contribution in [0.3, 0.4) is 0 Å². The predicted octanol–water partition coefficient (Wildman–Crippen LogP) is 3.68. The van der Waals surface area contributed by atoms with Crippen molar-refractivity contribution in [2.45, 2.75) is 17.7 Å². The minimum Gasteiger partial charge on any atom is -0.452 e. The zero-order valence-corrected chi connectivity index (χ0v) is 18.4. The predicted molar refractivity (Wildman–Crippen MR) is 112 cm³/mol. The molecule has 2 aromatic rings. The van der Waals surface area contributed by atoms with E-state index >= 15 is 0 Å². The van der Waals surface area contributed by atoms with Gasteiger partial charge in [-0.2, -0.15) is 0 Å². The lowest BCUT2D eigenvalue weighted by atomic mass is 10.2. The summed E-state index contributed by atoms with van der Waals surface area (Å²) in [5.74, 6) is -1.14. The molecule has 1 saturated heterocycles. The van der Waals surface area contributed by atoms with Crippen molar-refractivity contribution < 1.29 is 22.7 Å². The molecule has 154 valence electrons. The van der Waals surface area contributed by atoms with E-state index in [4.69, 9.17) is 16.3 Å². The second-order valence-electron chi connectivity index (χ2n) is 6.42. The fourth-order valence-electron chi connectivity index (χ4n) is 2.82. The molecule has 0 aliphatic carbocycles. The highest BCUT2D eigenvalue weighted by Crippen LogP contribution is 2.24. The van der Waals surface area contributed by atoms with E-state index in [0.29, 0.717) is 18.8 Å². The number of anilines is 1. The number of nitrogens with one attached hydrogen (secondary N) is 1. The van der Waals surface area contributed by atoms with Gasteiger partial charge in [-0.15, -0.1) is 0 Å². The molecule has 1 heterocycles. The molecule has 0 aromatic heterocycles. The standard InChI is InChI=1S/C19H18BrClN2O5S/c20-13-3-5-14(6-4-13)22-29(26,27)15-7-8-17(21)16(11-15)19(25)28-12-18(24)23-9-1-2-10-23/h3-8,11,22H,1-2,9-10,12H2. The van der Waals surface area contributed by atoms with Gasteiger partial charge in [0.15, 0.2) is 6.61 Å². The summed E-state index contributed by atoms with van der Waals surface area (Å²) in [6.07, 6.45) is 1.85. The summed E-state index contributed by atoms with van der Waals surface area (Å²) in [6, 6.07) is 10.3. The third-order valence-corrected chi connectivity index (χ3v) is 6.59. The van der Waals surface area contributed by atoms with Crippen LogP contribution in [0.1, 0.15) is 23.2 Å². The molecule has 0 bridgehead atoms. The molecule has 7 nitrogen and oxygen atoms in total. The van der Waals surface area contributed by atoms with Crippen molar-refractivity contribution >= 4 is 55.1 Å². The third-order valence-electron chi connectivity index (χ3n) is 4.35. The summed E-state index contributed by atoms with van der Waals surface area (Å²) in [7, 11) is -3.95.